The number of aliphatic hydroxyl groups is 1. The SMILES string of the molecule is Cc1cc2c(cc1C(=O)N(C(C)C)[C@@H]1CCCN(C(=O)O)C1)N(CCOCc1ccccc1)C(O)C(C)(C)O2. The van der Waals surface area contributed by atoms with Gasteiger partial charge in [-0.3, -0.25) is 4.79 Å². The Kier molecular flexibility index (Phi) is 8.71. The predicted octanol–water partition coefficient (Wildman–Crippen LogP) is 4.50. The van der Waals surface area contributed by atoms with Gasteiger partial charge in [0.2, 0.25) is 0 Å². The minimum Gasteiger partial charge on any atom is -0.481 e. The van der Waals surface area contributed by atoms with Crippen molar-refractivity contribution in [3.05, 3.63) is 59.2 Å². The van der Waals surface area contributed by atoms with Gasteiger partial charge >= 0.3 is 6.09 Å². The first kappa shape index (κ1) is 28.7. The normalized spacial score (nSPS) is 20.4. The van der Waals surface area contributed by atoms with E-state index in [2.05, 4.69) is 0 Å². The van der Waals surface area contributed by atoms with Gasteiger partial charge in [-0.05, 0) is 70.7 Å². The summed E-state index contributed by atoms with van der Waals surface area (Å²) in [6.07, 6.45) is -0.444. The van der Waals surface area contributed by atoms with Crippen LogP contribution in [0.4, 0.5) is 10.5 Å². The topological polar surface area (TPSA) is 103 Å². The molecule has 2 aromatic carbocycles. The van der Waals surface area contributed by atoms with E-state index in [0.717, 1.165) is 17.5 Å². The summed E-state index contributed by atoms with van der Waals surface area (Å²) in [5.41, 5.74) is 2.13. The van der Waals surface area contributed by atoms with Gasteiger partial charge in [0.1, 0.15) is 11.4 Å². The van der Waals surface area contributed by atoms with Crippen LogP contribution in [0.2, 0.25) is 0 Å². The molecule has 0 aromatic heterocycles. The first-order valence-electron chi connectivity index (χ1n) is 13.7. The minimum atomic E-state index is -0.959. The third-order valence-corrected chi connectivity index (χ3v) is 7.58. The number of amides is 2. The third kappa shape index (κ3) is 6.31. The number of nitrogens with zero attached hydrogens (tertiary/aromatic N) is 3. The summed E-state index contributed by atoms with van der Waals surface area (Å²) in [5.74, 6) is 0.454. The van der Waals surface area contributed by atoms with Crippen molar-refractivity contribution in [1.29, 1.82) is 0 Å². The van der Waals surface area contributed by atoms with Gasteiger partial charge in [-0.1, -0.05) is 30.3 Å². The number of aliphatic hydroxyl groups excluding tert-OH is 1. The van der Waals surface area contributed by atoms with Crippen LogP contribution in [0.15, 0.2) is 42.5 Å². The molecular weight excluding hydrogens is 498 g/mol. The zero-order valence-corrected chi connectivity index (χ0v) is 23.6. The highest BCUT2D eigenvalue weighted by Gasteiger charge is 2.42. The molecule has 2 aromatic rings. The van der Waals surface area contributed by atoms with Crippen LogP contribution in [0.3, 0.4) is 0 Å². The smallest absolute Gasteiger partial charge is 0.407 e. The van der Waals surface area contributed by atoms with Gasteiger partial charge in [0.25, 0.3) is 5.91 Å². The summed E-state index contributed by atoms with van der Waals surface area (Å²) in [4.78, 5) is 30.7. The highest BCUT2D eigenvalue weighted by atomic mass is 16.5. The monoisotopic (exact) mass is 539 g/mol. The van der Waals surface area contributed by atoms with Crippen LogP contribution in [-0.2, 0) is 11.3 Å². The maximum atomic E-state index is 14.0. The molecule has 2 atom stereocenters. The Morgan fingerprint density at radius 1 is 1.21 bits per heavy atom. The summed E-state index contributed by atoms with van der Waals surface area (Å²) in [7, 11) is 0. The van der Waals surface area contributed by atoms with E-state index in [-0.39, 0.29) is 18.0 Å². The predicted molar refractivity (Wildman–Crippen MR) is 149 cm³/mol. The highest BCUT2D eigenvalue weighted by Crippen LogP contribution is 2.42. The Balaban J connectivity index is 1.59. The molecule has 1 fully saturated rings. The molecule has 2 amide bonds. The van der Waals surface area contributed by atoms with Gasteiger partial charge in [-0.2, -0.15) is 0 Å². The van der Waals surface area contributed by atoms with Gasteiger partial charge in [0.15, 0.2) is 6.23 Å². The van der Waals surface area contributed by atoms with Crippen LogP contribution in [0.1, 0.15) is 62.0 Å². The van der Waals surface area contributed by atoms with E-state index < -0.39 is 17.9 Å². The maximum Gasteiger partial charge on any atom is 0.407 e. The number of likely N-dealkylation sites (tertiary alicyclic amines) is 1. The van der Waals surface area contributed by atoms with Crippen LogP contribution in [-0.4, -0.2) is 82.2 Å². The van der Waals surface area contributed by atoms with Crippen molar-refractivity contribution >= 4 is 17.7 Å². The second-order valence-corrected chi connectivity index (χ2v) is 11.3. The van der Waals surface area contributed by atoms with E-state index >= 15 is 0 Å². The number of benzene rings is 2. The number of carbonyl (C=O) groups excluding carboxylic acids is 1. The number of fused-ring (bicyclic) bond motifs is 1. The summed E-state index contributed by atoms with van der Waals surface area (Å²) >= 11 is 0. The van der Waals surface area contributed by atoms with Crippen molar-refractivity contribution < 1.29 is 29.3 Å². The molecule has 9 heteroatoms. The fraction of sp³-hybridized carbons (Fsp3) is 0.533. The third-order valence-electron chi connectivity index (χ3n) is 7.58. The summed E-state index contributed by atoms with van der Waals surface area (Å²) in [6.45, 7) is 11.5. The largest absolute Gasteiger partial charge is 0.481 e. The van der Waals surface area contributed by atoms with E-state index in [1.807, 2.05) is 75.9 Å². The lowest BCUT2D eigenvalue weighted by Crippen LogP contribution is -2.57. The molecular formula is C30H41N3O6. The minimum absolute atomic E-state index is 0.116. The molecule has 2 N–H and O–H groups in total. The lowest BCUT2D eigenvalue weighted by molar-refractivity contribution is -0.0430. The first-order chi connectivity index (χ1) is 18.5. The first-order valence-corrected chi connectivity index (χ1v) is 13.7. The van der Waals surface area contributed by atoms with Crippen LogP contribution in [0, 0.1) is 6.92 Å². The summed E-state index contributed by atoms with van der Waals surface area (Å²) in [5, 5.41) is 20.8. The Morgan fingerprint density at radius 3 is 2.59 bits per heavy atom. The van der Waals surface area contributed by atoms with E-state index in [0.29, 0.717) is 56.3 Å². The molecule has 4 rings (SSSR count). The van der Waals surface area contributed by atoms with E-state index in [4.69, 9.17) is 9.47 Å². The van der Waals surface area contributed by atoms with Crippen molar-refractivity contribution in [2.75, 3.05) is 31.1 Å². The second kappa shape index (κ2) is 11.8. The number of hydrogen-bond acceptors (Lipinski definition) is 6. The molecule has 0 bridgehead atoms. The molecule has 1 unspecified atom stereocenters. The number of anilines is 1. The maximum absolute atomic E-state index is 14.0. The van der Waals surface area contributed by atoms with E-state index in [1.54, 1.807) is 11.0 Å². The Hall–Kier alpha value is -3.30. The Morgan fingerprint density at radius 2 is 1.92 bits per heavy atom. The second-order valence-electron chi connectivity index (χ2n) is 11.3. The average Bonchev–Trinajstić information content (AvgIpc) is 2.88. The molecule has 2 aliphatic rings. The van der Waals surface area contributed by atoms with Crippen LogP contribution < -0.4 is 9.64 Å². The van der Waals surface area contributed by atoms with Crippen molar-refractivity contribution in [3.8, 4) is 5.75 Å². The molecule has 0 spiro atoms. The van der Waals surface area contributed by atoms with Gasteiger partial charge in [0.05, 0.1) is 24.9 Å². The van der Waals surface area contributed by atoms with Gasteiger partial charge in [0, 0.05) is 31.2 Å². The molecule has 212 valence electrons. The molecule has 2 aliphatic heterocycles. The lowest BCUT2D eigenvalue weighted by Gasteiger charge is -2.45. The molecule has 2 heterocycles. The molecule has 0 aliphatic carbocycles. The molecule has 1 saturated heterocycles. The average molecular weight is 540 g/mol. The summed E-state index contributed by atoms with van der Waals surface area (Å²) < 4.78 is 12.1. The number of piperidine rings is 1. The Labute approximate surface area is 230 Å². The van der Waals surface area contributed by atoms with Gasteiger partial charge < -0.3 is 34.4 Å². The molecule has 0 saturated carbocycles. The number of rotatable bonds is 8. The van der Waals surface area contributed by atoms with Gasteiger partial charge in [-0.15, -0.1) is 0 Å². The van der Waals surface area contributed by atoms with Crippen molar-refractivity contribution in [1.82, 2.24) is 9.80 Å². The highest BCUT2D eigenvalue weighted by molar-refractivity contribution is 5.98. The number of aryl methyl sites for hydroxylation is 1. The van der Waals surface area contributed by atoms with E-state index in [9.17, 15) is 19.8 Å². The van der Waals surface area contributed by atoms with Crippen molar-refractivity contribution in [2.24, 2.45) is 0 Å². The van der Waals surface area contributed by atoms with Crippen LogP contribution in [0.5, 0.6) is 5.75 Å². The zero-order chi connectivity index (χ0) is 28.3. The Bertz CT molecular complexity index is 1170. The standard InChI is InChI=1S/C30H41N3O6/c1-20(2)33(23-12-9-13-31(18-23)29(36)37)27(34)24-17-25-26(16-21(24)3)39-30(4,5)28(35)32(25)14-15-38-19-22-10-7-6-8-11-22/h6-8,10-11,16-17,20,23,28,35H,9,12-15,18-19H2,1-5H3,(H,36,37)/t23-,28?/m1/s1. The number of carboxylic acid groups (broad SMARTS) is 1. The van der Waals surface area contributed by atoms with Crippen LogP contribution >= 0.6 is 0 Å². The molecule has 39 heavy (non-hydrogen) atoms. The fourth-order valence-electron chi connectivity index (χ4n) is 5.54. The van der Waals surface area contributed by atoms with E-state index in [1.165, 1.54) is 4.90 Å². The number of carbonyl (C=O) groups is 2. The fourth-order valence-corrected chi connectivity index (χ4v) is 5.54. The quantitative estimate of drug-likeness (QED) is 0.476. The molecule has 9 nitrogen and oxygen atoms in total. The van der Waals surface area contributed by atoms with Crippen molar-refractivity contribution in [3.63, 3.8) is 0 Å². The zero-order valence-electron chi connectivity index (χ0n) is 23.6. The van der Waals surface area contributed by atoms with Crippen LogP contribution in [0.25, 0.3) is 0 Å². The lowest BCUT2D eigenvalue weighted by atomic mass is 9.97. The number of hydrogen-bond donors (Lipinski definition) is 2. The number of ether oxygens (including phenoxy) is 2. The van der Waals surface area contributed by atoms with Crippen molar-refractivity contribution in [2.45, 2.75) is 78.0 Å². The van der Waals surface area contributed by atoms with Gasteiger partial charge in [-0.25, -0.2) is 4.79 Å². The molecule has 0 radical (unpaired) electrons. The summed E-state index contributed by atoms with van der Waals surface area (Å²) in [6, 6.07) is 13.2.